The Hall–Kier alpha value is -0.690. The van der Waals surface area contributed by atoms with Gasteiger partial charge in [-0.2, -0.15) is 0 Å². The third-order valence-electron chi connectivity index (χ3n) is 2.45. The van der Waals surface area contributed by atoms with Crippen molar-refractivity contribution >= 4 is 17.8 Å². The second kappa shape index (κ2) is 3.59. The van der Waals surface area contributed by atoms with Crippen molar-refractivity contribution in [3.8, 4) is 0 Å². The lowest BCUT2D eigenvalue weighted by Crippen LogP contribution is -2.06. The van der Waals surface area contributed by atoms with Crippen molar-refractivity contribution in [2.24, 2.45) is 0 Å². The summed E-state index contributed by atoms with van der Waals surface area (Å²) in [5, 5.41) is 0.690. The van der Waals surface area contributed by atoms with Gasteiger partial charge in [0.1, 0.15) is 0 Å². The maximum absolute atomic E-state index is 2.32. The first-order chi connectivity index (χ1) is 6.31. The van der Waals surface area contributed by atoms with E-state index in [0.717, 1.165) is 0 Å². The third kappa shape index (κ3) is 1.66. The highest BCUT2D eigenvalue weighted by Crippen LogP contribution is 2.38. The first-order valence-corrected chi connectivity index (χ1v) is 5.63. The lowest BCUT2D eigenvalue weighted by Gasteiger charge is -2.21. The molecule has 1 aliphatic rings. The molecular weight excluding hydrogens is 176 g/mol. The van der Waals surface area contributed by atoms with Crippen molar-refractivity contribution in [3.05, 3.63) is 35.4 Å². The molecule has 1 unspecified atom stereocenters. The predicted molar refractivity (Wildman–Crippen MR) is 60.0 cm³/mol. The Labute approximate surface area is 84.0 Å². The molecule has 0 saturated heterocycles. The first-order valence-electron chi connectivity index (χ1n) is 4.75. The smallest absolute Gasteiger partial charge is 0.0301 e. The van der Waals surface area contributed by atoms with Gasteiger partial charge >= 0.3 is 0 Å². The van der Waals surface area contributed by atoms with Crippen molar-refractivity contribution < 1.29 is 0 Å². The molecule has 0 bridgehead atoms. The van der Waals surface area contributed by atoms with Crippen LogP contribution >= 0.6 is 11.8 Å². The van der Waals surface area contributed by atoms with Crippen LogP contribution in [0.25, 0.3) is 6.08 Å². The molecule has 13 heavy (non-hydrogen) atoms. The molecule has 0 nitrogen and oxygen atoms in total. The van der Waals surface area contributed by atoms with Gasteiger partial charge in [0.25, 0.3) is 0 Å². The zero-order valence-electron chi connectivity index (χ0n) is 8.08. The minimum atomic E-state index is 0.690. The molecule has 68 valence electrons. The number of thioether (sulfide) groups is 1. The molecule has 0 spiro atoms. The zero-order chi connectivity index (χ0) is 9.26. The molecule has 1 aromatic carbocycles. The standard InChI is InChI=1S/C12H14S/c1-3-11-9(2)8-10-6-4-5-7-12(10)13-11/h4-8,11H,3H2,1-2H3. The van der Waals surface area contributed by atoms with Gasteiger partial charge in [0.15, 0.2) is 0 Å². The lowest BCUT2D eigenvalue weighted by atomic mass is 10.1. The van der Waals surface area contributed by atoms with Crippen LogP contribution in [0.4, 0.5) is 0 Å². The van der Waals surface area contributed by atoms with Gasteiger partial charge in [-0.05, 0) is 25.0 Å². The highest BCUT2D eigenvalue weighted by molar-refractivity contribution is 8.00. The molecule has 2 rings (SSSR count). The van der Waals surface area contributed by atoms with Gasteiger partial charge < -0.3 is 0 Å². The largest absolute Gasteiger partial charge is 0.118 e. The number of benzene rings is 1. The van der Waals surface area contributed by atoms with Crippen LogP contribution in [0.2, 0.25) is 0 Å². The van der Waals surface area contributed by atoms with E-state index in [1.807, 2.05) is 11.8 Å². The Balaban J connectivity index is 2.40. The monoisotopic (exact) mass is 190 g/mol. The number of rotatable bonds is 1. The van der Waals surface area contributed by atoms with Gasteiger partial charge in [0.2, 0.25) is 0 Å². The van der Waals surface area contributed by atoms with E-state index in [9.17, 15) is 0 Å². The Bertz CT molecular complexity index is 339. The average molecular weight is 190 g/mol. The topological polar surface area (TPSA) is 0 Å². The Kier molecular flexibility index (Phi) is 2.45. The van der Waals surface area contributed by atoms with E-state index in [4.69, 9.17) is 0 Å². The fraction of sp³-hybridized carbons (Fsp3) is 0.333. The zero-order valence-corrected chi connectivity index (χ0v) is 8.90. The van der Waals surface area contributed by atoms with E-state index in [1.54, 1.807) is 0 Å². The van der Waals surface area contributed by atoms with E-state index >= 15 is 0 Å². The summed E-state index contributed by atoms with van der Waals surface area (Å²) in [4.78, 5) is 1.43. The molecular formula is C12H14S. The summed E-state index contributed by atoms with van der Waals surface area (Å²) in [6, 6.07) is 8.63. The van der Waals surface area contributed by atoms with Crippen LogP contribution in [-0.4, -0.2) is 5.25 Å². The molecule has 1 heteroatoms. The van der Waals surface area contributed by atoms with Crippen molar-refractivity contribution in [1.82, 2.24) is 0 Å². The van der Waals surface area contributed by atoms with Crippen LogP contribution in [0, 0.1) is 0 Å². The minimum Gasteiger partial charge on any atom is -0.118 e. The Morgan fingerprint density at radius 1 is 1.31 bits per heavy atom. The van der Waals surface area contributed by atoms with Gasteiger partial charge in [0.05, 0.1) is 0 Å². The molecule has 0 fully saturated rings. The summed E-state index contributed by atoms with van der Waals surface area (Å²) in [6.07, 6.45) is 3.54. The maximum Gasteiger partial charge on any atom is 0.0301 e. The summed E-state index contributed by atoms with van der Waals surface area (Å²) in [5.74, 6) is 0. The Morgan fingerprint density at radius 3 is 2.85 bits per heavy atom. The van der Waals surface area contributed by atoms with Crippen molar-refractivity contribution in [3.63, 3.8) is 0 Å². The molecule has 0 saturated carbocycles. The van der Waals surface area contributed by atoms with E-state index in [2.05, 4.69) is 44.2 Å². The number of fused-ring (bicyclic) bond motifs is 1. The van der Waals surface area contributed by atoms with Gasteiger partial charge in [0, 0.05) is 10.1 Å². The number of hydrogen-bond donors (Lipinski definition) is 0. The average Bonchev–Trinajstić information content (AvgIpc) is 2.17. The van der Waals surface area contributed by atoms with Gasteiger partial charge in [-0.25, -0.2) is 0 Å². The van der Waals surface area contributed by atoms with Gasteiger partial charge in [-0.3, -0.25) is 0 Å². The van der Waals surface area contributed by atoms with Crippen LogP contribution < -0.4 is 0 Å². The third-order valence-corrected chi connectivity index (χ3v) is 4.07. The summed E-state index contributed by atoms with van der Waals surface area (Å²) in [5.41, 5.74) is 2.89. The molecule has 1 heterocycles. The highest BCUT2D eigenvalue weighted by atomic mass is 32.2. The normalized spacial score (nSPS) is 20.8. The van der Waals surface area contributed by atoms with E-state index in [1.165, 1.54) is 22.5 Å². The second-order valence-corrected chi connectivity index (χ2v) is 4.69. The predicted octanol–water partition coefficient (Wildman–Crippen LogP) is 3.97. The fourth-order valence-corrected chi connectivity index (χ4v) is 2.84. The lowest BCUT2D eigenvalue weighted by molar-refractivity contribution is 0.924. The molecule has 0 amide bonds. The summed E-state index contributed by atoms with van der Waals surface area (Å²) in [7, 11) is 0. The van der Waals surface area contributed by atoms with Crippen LogP contribution in [0.5, 0.6) is 0 Å². The molecule has 1 atom stereocenters. The molecule has 1 aromatic rings. The van der Waals surface area contributed by atoms with Crippen molar-refractivity contribution in [1.29, 1.82) is 0 Å². The van der Waals surface area contributed by atoms with E-state index < -0.39 is 0 Å². The summed E-state index contributed by atoms with van der Waals surface area (Å²) in [6.45, 7) is 4.49. The molecule has 1 aliphatic heterocycles. The van der Waals surface area contributed by atoms with Gasteiger partial charge in [-0.1, -0.05) is 36.8 Å². The van der Waals surface area contributed by atoms with Crippen LogP contribution in [0.15, 0.2) is 34.7 Å². The highest BCUT2D eigenvalue weighted by Gasteiger charge is 2.16. The van der Waals surface area contributed by atoms with Crippen LogP contribution in [0.1, 0.15) is 25.8 Å². The number of hydrogen-bond acceptors (Lipinski definition) is 1. The van der Waals surface area contributed by atoms with Crippen LogP contribution in [0.3, 0.4) is 0 Å². The summed E-state index contributed by atoms with van der Waals surface area (Å²) < 4.78 is 0. The van der Waals surface area contributed by atoms with Crippen LogP contribution in [-0.2, 0) is 0 Å². The minimum absolute atomic E-state index is 0.690. The molecule has 0 N–H and O–H groups in total. The Morgan fingerprint density at radius 2 is 2.08 bits per heavy atom. The second-order valence-electron chi connectivity index (χ2n) is 3.44. The molecule has 0 aliphatic carbocycles. The van der Waals surface area contributed by atoms with Gasteiger partial charge in [-0.15, -0.1) is 11.8 Å². The summed E-state index contributed by atoms with van der Waals surface area (Å²) >= 11 is 2.00. The quantitative estimate of drug-likeness (QED) is 0.645. The van der Waals surface area contributed by atoms with Crippen molar-refractivity contribution in [2.75, 3.05) is 0 Å². The fourth-order valence-electron chi connectivity index (χ4n) is 1.70. The molecule has 0 aromatic heterocycles. The van der Waals surface area contributed by atoms with Crippen molar-refractivity contribution in [2.45, 2.75) is 30.4 Å². The van der Waals surface area contributed by atoms with E-state index in [0.29, 0.717) is 5.25 Å². The SMILES string of the molecule is CCC1Sc2ccccc2C=C1C. The van der Waals surface area contributed by atoms with E-state index in [-0.39, 0.29) is 0 Å². The maximum atomic E-state index is 2.32. The molecule has 0 radical (unpaired) electrons. The first kappa shape index (κ1) is 8.89.